The zero-order valence-electron chi connectivity index (χ0n) is 8.51. The smallest absolute Gasteiger partial charge is 0.272 e. The van der Waals surface area contributed by atoms with Crippen LogP contribution in [0, 0.1) is 0 Å². The Morgan fingerprint density at radius 2 is 2.31 bits per heavy atom. The highest BCUT2D eigenvalue weighted by Crippen LogP contribution is 2.09. The summed E-state index contributed by atoms with van der Waals surface area (Å²) in [5.74, 6) is -0.244. The molecule has 2 heterocycles. The Labute approximate surface area is 97.1 Å². The lowest BCUT2D eigenvalue weighted by Gasteiger charge is -2.04. The molecule has 0 fully saturated rings. The van der Waals surface area contributed by atoms with Crippen molar-refractivity contribution in [2.45, 2.75) is 6.54 Å². The Balaban J connectivity index is 2.01. The Kier molecular flexibility index (Phi) is 3.16. The molecule has 4 nitrogen and oxygen atoms in total. The molecule has 3 N–H and O–H groups in total. The molecule has 2 aromatic heterocycles. The number of carbonyl (C=O) groups is 1. The van der Waals surface area contributed by atoms with Gasteiger partial charge in [0, 0.05) is 11.1 Å². The predicted octanol–water partition coefficient (Wildman–Crippen LogP) is 1.66. The summed E-state index contributed by atoms with van der Waals surface area (Å²) < 4.78 is 0. The van der Waals surface area contributed by atoms with Crippen LogP contribution in [-0.4, -0.2) is 10.9 Å². The summed E-state index contributed by atoms with van der Waals surface area (Å²) in [6.45, 7) is 0.506. The highest BCUT2D eigenvalue weighted by molar-refractivity contribution is 7.09. The van der Waals surface area contributed by atoms with Crippen LogP contribution in [0.2, 0.25) is 0 Å². The molecule has 0 saturated heterocycles. The summed E-state index contributed by atoms with van der Waals surface area (Å²) in [6.07, 6.45) is 1.55. The second kappa shape index (κ2) is 4.76. The van der Waals surface area contributed by atoms with Gasteiger partial charge in [-0.1, -0.05) is 6.07 Å². The minimum absolute atomic E-state index is 0.244. The third-order valence-corrected chi connectivity index (χ3v) is 2.93. The van der Waals surface area contributed by atoms with Crippen LogP contribution in [0.15, 0.2) is 35.8 Å². The van der Waals surface area contributed by atoms with E-state index < -0.39 is 0 Å². The van der Waals surface area contributed by atoms with Crippen molar-refractivity contribution in [2.75, 3.05) is 5.73 Å². The maximum Gasteiger partial charge on any atom is 0.272 e. The topological polar surface area (TPSA) is 68.0 Å². The van der Waals surface area contributed by atoms with Crippen molar-refractivity contribution in [3.63, 3.8) is 0 Å². The molecule has 2 rings (SSSR count). The molecule has 0 atom stereocenters. The molecule has 0 saturated carbocycles. The van der Waals surface area contributed by atoms with E-state index in [1.807, 2.05) is 17.5 Å². The van der Waals surface area contributed by atoms with Crippen LogP contribution in [0.4, 0.5) is 5.69 Å². The number of thiophene rings is 1. The molecular formula is C11H11N3OS. The fraction of sp³-hybridized carbons (Fsp3) is 0.0909. The second-order valence-corrected chi connectivity index (χ2v) is 4.24. The molecule has 0 aromatic carbocycles. The summed E-state index contributed by atoms with van der Waals surface area (Å²) >= 11 is 1.60. The number of hydrogen-bond acceptors (Lipinski definition) is 4. The lowest BCUT2D eigenvalue weighted by Crippen LogP contribution is -2.24. The SMILES string of the molecule is Nc1cccnc1C(=O)NCc1cccs1. The summed E-state index contributed by atoms with van der Waals surface area (Å²) in [5.41, 5.74) is 6.32. The number of rotatable bonds is 3. The largest absolute Gasteiger partial charge is 0.397 e. The standard InChI is InChI=1S/C11H11N3OS/c12-9-4-1-5-13-10(9)11(15)14-7-8-3-2-6-16-8/h1-6H,7,12H2,(H,14,15). The van der Waals surface area contributed by atoms with E-state index in [0.717, 1.165) is 4.88 Å². The number of nitrogens with two attached hydrogens (primary N) is 1. The van der Waals surface area contributed by atoms with Gasteiger partial charge in [-0.2, -0.15) is 0 Å². The predicted molar refractivity (Wildman–Crippen MR) is 64.1 cm³/mol. The van der Waals surface area contributed by atoms with E-state index in [0.29, 0.717) is 12.2 Å². The summed E-state index contributed by atoms with van der Waals surface area (Å²) in [5, 5.41) is 4.74. The van der Waals surface area contributed by atoms with Gasteiger partial charge >= 0.3 is 0 Å². The Morgan fingerprint density at radius 1 is 1.44 bits per heavy atom. The van der Waals surface area contributed by atoms with Gasteiger partial charge in [-0.3, -0.25) is 4.79 Å². The van der Waals surface area contributed by atoms with Crippen LogP contribution >= 0.6 is 11.3 Å². The van der Waals surface area contributed by atoms with Crippen molar-refractivity contribution in [2.24, 2.45) is 0 Å². The van der Waals surface area contributed by atoms with Gasteiger partial charge in [0.2, 0.25) is 0 Å². The van der Waals surface area contributed by atoms with Gasteiger partial charge in [-0.05, 0) is 23.6 Å². The van der Waals surface area contributed by atoms with Crippen LogP contribution in [0.1, 0.15) is 15.4 Å². The van der Waals surface area contributed by atoms with Gasteiger partial charge in [0.25, 0.3) is 5.91 Å². The maximum absolute atomic E-state index is 11.7. The summed E-state index contributed by atoms with van der Waals surface area (Å²) in [4.78, 5) is 16.8. The Bertz CT molecular complexity index is 482. The quantitative estimate of drug-likeness (QED) is 0.847. The molecule has 16 heavy (non-hydrogen) atoms. The number of anilines is 1. The van der Waals surface area contributed by atoms with Crippen molar-refractivity contribution >= 4 is 22.9 Å². The van der Waals surface area contributed by atoms with E-state index in [4.69, 9.17) is 5.73 Å². The zero-order chi connectivity index (χ0) is 11.4. The third kappa shape index (κ3) is 2.38. The van der Waals surface area contributed by atoms with Crippen LogP contribution in [0.25, 0.3) is 0 Å². The number of pyridine rings is 1. The lowest BCUT2D eigenvalue weighted by molar-refractivity contribution is 0.0947. The zero-order valence-corrected chi connectivity index (χ0v) is 9.33. The monoisotopic (exact) mass is 233 g/mol. The number of aromatic nitrogens is 1. The van der Waals surface area contributed by atoms with Crippen molar-refractivity contribution in [3.8, 4) is 0 Å². The Morgan fingerprint density at radius 3 is 3.00 bits per heavy atom. The van der Waals surface area contributed by atoms with E-state index in [9.17, 15) is 4.79 Å². The first kappa shape index (κ1) is 10.6. The average molecular weight is 233 g/mol. The van der Waals surface area contributed by atoms with Crippen LogP contribution in [0.3, 0.4) is 0 Å². The molecule has 82 valence electrons. The van der Waals surface area contributed by atoms with Crippen LogP contribution in [0.5, 0.6) is 0 Å². The van der Waals surface area contributed by atoms with Crippen molar-refractivity contribution in [1.82, 2.24) is 10.3 Å². The van der Waals surface area contributed by atoms with Crippen LogP contribution < -0.4 is 11.1 Å². The fourth-order valence-corrected chi connectivity index (χ4v) is 1.92. The van der Waals surface area contributed by atoms with Gasteiger partial charge in [0.05, 0.1) is 12.2 Å². The minimum atomic E-state index is -0.244. The number of carbonyl (C=O) groups excluding carboxylic acids is 1. The van der Waals surface area contributed by atoms with Crippen LogP contribution in [-0.2, 0) is 6.54 Å². The minimum Gasteiger partial charge on any atom is -0.397 e. The highest BCUT2D eigenvalue weighted by Gasteiger charge is 2.09. The third-order valence-electron chi connectivity index (χ3n) is 2.06. The van der Waals surface area contributed by atoms with Gasteiger partial charge in [-0.25, -0.2) is 4.98 Å². The second-order valence-electron chi connectivity index (χ2n) is 3.20. The van der Waals surface area contributed by atoms with E-state index >= 15 is 0 Å². The number of nitrogens with zero attached hydrogens (tertiary/aromatic N) is 1. The van der Waals surface area contributed by atoms with E-state index in [-0.39, 0.29) is 11.6 Å². The first-order chi connectivity index (χ1) is 7.77. The molecule has 0 spiro atoms. The Hall–Kier alpha value is -1.88. The van der Waals surface area contributed by atoms with Gasteiger partial charge in [-0.15, -0.1) is 11.3 Å². The fourth-order valence-electron chi connectivity index (χ4n) is 1.27. The number of nitrogens with one attached hydrogen (secondary N) is 1. The van der Waals surface area contributed by atoms with Crippen molar-refractivity contribution in [1.29, 1.82) is 0 Å². The first-order valence-electron chi connectivity index (χ1n) is 4.78. The average Bonchev–Trinajstić information content (AvgIpc) is 2.79. The van der Waals surface area contributed by atoms with E-state index in [2.05, 4.69) is 10.3 Å². The van der Waals surface area contributed by atoms with Gasteiger partial charge in [0.1, 0.15) is 0 Å². The maximum atomic E-state index is 11.7. The molecule has 0 aliphatic rings. The lowest BCUT2D eigenvalue weighted by atomic mass is 10.3. The van der Waals surface area contributed by atoms with Gasteiger partial charge in [0.15, 0.2) is 5.69 Å². The number of nitrogen functional groups attached to an aromatic ring is 1. The molecule has 0 aliphatic heterocycles. The molecule has 0 bridgehead atoms. The van der Waals surface area contributed by atoms with Crippen molar-refractivity contribution in [3.05, 3.63) is 46.4 Å². The summed E-state index contributed by atoms with van der Waals surface area (Å²) in [6, 6.07) is 7.27. The first-order valence-corrected chi connectivity index (χ1v) is 5.66. The summed E-state index contributed by atoms with van der Waals surface area (Å²) in [7, 11) is 0. The molecule has 2 aromatic rings. The van der Waals surface area contributed by atoms with E-state index in [1.165, 1.54) is 0 Å². The molecular weight excluding hydrogens is 222 g/mol. The molecule has 1 amide bonds. The molecule has 0 aliphatic carbocycles. The van der Waals surface area contributed by atoms with E-state index in [1.54, 1.807) is 29.7 Å². The van der Waals surface area contributed by atoms with Crippen molar-refractivity contribution < 1.29 is 4.79 Å². The van der Waals surface area contributed by atoms with Gasteiger partial charge < -0.3 is 11.1 Å². The molecule has 0 radical (unpaired) electrons. The normalized spacial score (nSPS) is 10.0. The number of hydrogen-bond donors (Lipinski definition) is 2. The highest BCUT2D eigenvalue weighted by atomic mass is 32.1. The number of amides is 1. The molecule has 5 heteroatoms. The molecule has 0 unspecified atom stereocenters.